The number of anilines is 1. The van der Waals surface area contributed by atoms with Crippen LogP contribution >= 0.6 is 11.6 Å². The van der Waals surface area contributed by atoms with Gasteiger partial charge >= 0.3 is 0 Å². The first-order valence-electron chi connectivity index (χ1n) is 10.7. The van der Waals surface area contributed by atoms with E-state index >= 15 is 0 Å². The third-order valence-corrected chi connectivity index (χ3v) is 5.85. The van der Waals surface area contributed by atoms with Crippen LogP contribution in [0.4, 0.5) is 11.5 Å². The van der Waals surface area contributed by atoms with E-state index in [1.165, 1.54) is 6.33 Å². The van der Waals surface area contributed by atoms with E-state index in [4.69, 9.17) is 21.3 Å². The normalized spacial score (nSPS) is 15.0. The zero-order valence-electron chi connectivity index (χ0n) is 18.4. The summed E-state index contributed by atoms with van der Waals surface area (Å²) < 4.78 is 5.51. The molecule has 1 aromatic carbocycles. The Morgan fingerprint density at radius 3 is 2.97 bits per heavy atom. The summed E-state index contributed by atoms with van der Waals surface area (Å²) in [5, 5.41) is 5.29. The number of rotatable bonds is 6. The van der Waals surface area contributed by atoms with E-state index < -0.39 is 0 Å². The number of fused-ring (bicyclic) bond motifs is 1. The minimum atomic E-state index is -0.291. The summed E-state index contributed by atoms with van der Waals surface area (Å²) in [7, 11) is 0. The smallest absolute Gasteiger partial charge is 0.273 e. The molecule has 1 aliphatic rings. The second-order valence-corrected chi connectivity index (χ2v) is 8.08. The first-order chi connectivity index (χ1) is 16.0. The van der Waals surface area contributed by atoms with Crippen molar-refractivity contribution in [2.45, 2.75) is 19.4 Å². The minimum Gasteiger partial charge on any atom is -0.380 e. The highest BCUT2D eigenvalue weighted by Gasteiger charge is 2.24. The van der Waals surface area contributed by atoms with E-state index in [2.05, 4.69) is 33.6 Å². The SMILES string of the molecule is C=Cc1ncnc(N[C@@H](C)c2cc3cccc(Cl)c3c(C(=O)N3CCCOCC3)n2)c1N=C. The molecule has 1 fully saturated rings. The van der Waals surface area contributed by atoms with Crippen LogP contribution in [0.3, 0.4) is 0 Å². The average molecular weight is 465 g/mol. The third-order valence-electron chi connectivity index (χ3n) is 5.54. The Morgan fingerprint density at radius 1 is 1.33 bits per heavy atom. The van der Waals surface area contributed by atoms with Gasteiger partial charge in [-0.2, -0.15) is 0 Å². The van der Waals surface area contributed by atoms with Crippen LogP contribution in [0.15, 0.2) is 42.2 Å². The molecule has 2 aromatic heterocycles. The van der Waals surface area contributed by atoms with E-state index in [1.807, 2.05) is 25.1 Å². The van der Waals surface area contributed by atoms with E-state index in [1.54, 1.807) is 17.0 Å². The molecule has 3 heterocycles. The number of nitrogens with zero attached hydrogens (tertiary/aromatic N) is 5. The van der Waals surface area contributed by atoms with Crippen LogP contribution in [0.1, 0.15) is 41.3 Å². The van der Waals surface area contributed by atoms with Crippen LogP contribution in [0.5, 0.6) is 0 Å². The number of amides is 1. The van der Waals surface area contributed by atoms with Crippen LogP contribution in [-0.2, 0) is 4.74 Å². The number of carbonyl (C=O) groups is 1. The summed E-state index contributed by atoms with van der Waals surface area (Å²) in [5.41, 5.74) is 2.09. The molecule has 1 N–H and O–H groups in total. The number of ether oxygens (including phenoxy) is 1. The number of carbonyl (C=O) groups excluding carboxylic acids is 1. The molecule has 1 saturated heterocycles. The van der Waals surface area contributed by atoms with Crippen molar-refractivity contribution in [1.82, 2.24) is 19.9 Å². The highest BCUT2D eigenvalue weighted by Crippen LogP contribution is 2.32. The van der Waals surface area contributed by atoms with Gasteiger partial charge in [0.1, 0.15) is 17.7 Å². The molecule has 170 valence electrons. The van der Waals surface area contributed by atoms with Gasteiger partial charge in [-0.3, -0.25) is 9.79 Å². The first kappa shape index (κ1) is 22.8. The molecular formula is C24H25ClN6O2. The van der Waals surface area contributed by atoms with E-state index in [9.17, 15) is 4.79 Å². The Labute approximate surface area is 197 Å². The maximum absolute atomic E-state index is 13.5. The Bertz CT molecular complexity index is 1210. The van der Waals surface area contributed by atoms with E-state index in [-0.39, 0.29) is 11.9 Å². The Morgan fingerprint density at radius 2 is 2.18 bits per heavy atom. The van der Waals surface area contributed by atoms with Gasteiger partial charge in [-0.1, -0.05) is 30.3 Å². The predicted octanol–water partition coefficient (Wildman–Crippen LogP) is 4.69. The lowest BCUT2D eigenvalue weighted by Crippen LogP contribution is -2.34. The van der Waals surface area contributed by atoms with Gasteiger partial charge in [-0.15, -0.1) is 0 Å². The largest absolute Gasteiger partial charge is 0.380 e. The lowest BCUT2D eigenvalue weighted by Gasteiger charge is -2.22. The van der Waals surface area contributed by atoms with Gasteiger partial charge in [0.25, 0.3) is 5.91 Å². The van der Waals surface area contributed by atoms with Crippen LogP contribution in [-0.4, -0.2) is 58.8 Å². The molecule has 8 nitrogen and oxygen atoms in total. The molecule has 3 aromatic rings. The number of hydrogen-bond donors (Lipinski definition) is 1. The molecule has 1 amide bonds. The highest BCUT2D eigenvalue weighted by molar-refractivity contribution is 6.36. The fourth-order valence-corrected chi connectivity index (χ4v) is 4.12. The zero-order chi connectivity index (χ0) is 23.4. The second-order valence-electron chi connectivity index (χ2n) is 7.68. The van der Waals surface area contributed by atoms with Gasteiger partial charge in [0.2, 0.25) is 0 Å². The number of nitrogens with one attached hydrogen (secondary N) is 1. The first-order valence-corrected chi connectivity index (χ1v) is 11.1. The van der Waals surface area contributed by atoms with Crippen molar-refractivity contribution >= 4 is 52.6 Å². The van der Waals surface area contributed by atoms with Crippen LogP contribution in [0, 0.1) is 0 Å². The monoisotopic (exact) mass is 464 g/mol. The number of aromatic nitrogens is 3. The van der Waals surface area contributed by atoms with Crippen LogP contribution in [0.2, 0.25) is 5.02 Å². The summed E-state index contributed by atoms with van der Waals surface area (Å²) in [6, 6.07) is 7.20. The summed E-state index contributed by atoms with van der Waals surface area (Å²) in [4.78, 5) is 32.6. The standard InChI is InChI=1S/C24H25ClN6O2/c1-4-18-21(26-3)23(28-14-27-18)29-15(2)19-13-16-7-5-8-17(25)20(16)22(30-19)24(32)31-9-6-11-33-12-10-31/h4-5,7-8,13-15H,1,3,6,9-12H2,2H3,(H,27,28,29)/t15-/m0/s1. The lowest BCUT2D eigenvalue weighted by molar-refractivity contribution is 0.0737. The number of hydrogen-bond acceptors (Lipinski definition) is 7. The number of aliphatic imine (C=N–C) groups is 1. The molecule has 9 heteroatoms. The number of pyridine rings is 1. The maximum atomic E-state index is 13.5. The van der Waals surface area contributed by atoms with Gasteiger partial charge in [0.15, 0.2) is 5.82 Å². The molecule has 0 spiro atoms. The Kier molecular flexibility index (Phi) is 6.96. The molecule has 0 unspecified atom stereocenters. The molecule has 4 rings (SSSR count). The fourth-order valence-electron chi connectivity index (χ4n) is 3.85. The lowest BCUT2D eigenvalue weighted by atomic mass is 10.0. The van der Waals surface area contributed by atoms with Gasteiger partial charge in [-0.25, -0.2) is 15.0 Å². The topological polar surface area (TPSA) is 92.6 Å². The summed E-state index contributed by atoms with van der Waals surface area (Å²) in [6.07, 6.45) is 3.82. The van der Waals surface area contributed by atoms with Crippen molar-refractivity contribution in [3.63, 3.8) is 0 Å². The van der Waals surface area contributed by atoms with Gasteiger partial charge in [0.05, 0.1) is 29.1 Å². The molecule has 1 atom stereocenters. The van der Waals surface area contributed by atoms with E-state index in [0.717, 1.165) is 11.8 Å². The van der Waals surface area contributed by atoms with Gasteiger partial charge in [-0.05, 0) is 43.7 Å². The Hall–Kier alpha value is -3.36. The van der Waals surface area contributed by atoms with Crippen molar-refractivity contribution in [2.24, 2.45) is 4.99 Å². The molecule has 1 aliphatic heterocycles. The van der Waals surface area contributed by atoms with Crippen molar-refractivity contribution < 1.29 is 9.53 Å². The van der Waals surface area contributed by atoms with Gasteiger partial charge < -0.3 is 15.0 Å². The number of benzene rings is 1. The molecular weight excluding hydrogens is 440 g/mol. The summed E-state index contributed by atoms with van der Waals surface area (Å²) in [5.74, 6) is 0.352. The fraction of sp³-hybridized carbons (Fsp3) is 0.292. The third kappa shape index (κ3) is 4.72. The van der Waals surface area contributed by atoms with Crippen molar-refractivity contribution in [2.75, 3.05) is 31.6 Å². The maximum Gasteiger partial charge on any atom is 0.273 e. The second kappa shape index (κ2) is 10.1. The quantitative estimate of drug-likeness (QED) is 0.532. The van der Waals surface area contributed by atoms with E-state index in [0.29, 0.717) is 65.3 Å². The molecule has 0 radical (unpaired) electrons. The molecule has 0 bridgehead atoms. The van der Waals surface area contributed by atoms with Crippen LogP contribution in [0.25, 0.3) is 16.8 Å². The van der Waals surface area contributed by atoms with Crippen LogP contribution < -0.4 is 5.32 Å². The number of halogens is 1. The summed E-state index contributed by atoms with van der Waals surface area (Å²) in [6.45, 7) is 11.6. The molecule has 33 heavy (non-hydrogen) atoms. The summed E-state index contributed by atoms with van der Waals surface area (Å²) >= 11 is 6.52. The zero-order valence-corrected chi connectivity index (χ0v) is 19.2. The van der Waals surface area contributed by atoms with Crippen molar-refractivity contribution in [3.8, 4) is 0 Å². The highest BCUT2D eigenvalue weighted by atomic mass is 35.5. The Balaban J connectivity index is 1.75. The van der Waals surface area contributed by atoms with Gasteiger partial charge in [0, 0.05) is 25.1 Å². The molecule has 0 saturated carbocycles. The minimum absolute atomic E-state index is 0.155. The molecule has 0 aliphatic carbocycles. The van der Waals surface area contributed by atoms with Crippen molar-refractivity contribution in [1.29, 1.82) is 0 Å². The predicted molar refractivity (Wildman–Crippen MR) is 131 cm³/mol. The average Bonchev–Trinajstić information content (AvgIpc) is 3.12. The van der Waals surface area contributed by atoms with Crippen molar-refractivity contribution in [3.05, 3.63) is 59.3 Å².